The predicted molar refractivity (Wildman–Crippen MR) is 38.1 cm³/mol. The van der Waals surface area contributed by atoms with Crippen LogP contribution in [0, 0.1) is 0 Å². The highest BCUT2D eigenvalue weighted by Crippen LogP contribution is 2.34. The van der Waals surface area contributed by atoms with E-state index in [9.17, 15) is 0 Å². The van der Waals surface area contributed by atoms with Gasteiger partial charge < -0.3 is 4.74 Å². The molecule has 0 unspecified atom stereocenters. The summed E-state index contributed by atoms with van der Waals surface area (Å²) in [5, 5.41) is 0. The number of rotatable bonds is 0. The third-order valence-electron chi connectivity index (χ3n) is 1.43. The smallest absolute Gasteiger partial charge is 0.115 e. The average Bonchev–Trinajstić information content (AvgIpc) is 1.79. The maximum Gasteiger partial charge on any atom is 0.115 e. The van der Waals surface area contributed by atoms with Crippen LogP contribution in [-0.4, -0.2) is 5.60 Å². The molecule has 9 heavy (non-hydrogen) atoms. The summed E-state index contributed by atoms with van der Waals surface area (Å²) in [7, 11) is 0. The Kier molecular flexibility index (Phi) is 1.16. The first-order chi connectivity index (χ1) is 4.01. The Balaban J connectivity index is 2.76. The van der Waals surface area contributed by atoms with E-state index < -0.39 is 0 Å². The Labute approximate surface area is 56.0 Å². The molecule has 0 N–H and O–H groups in total. The molecular weight excluding hydrogens is 112 g/mol. The van der Waals surface area contributed by atoms with Gasteiger partial charge in [0.15, 0.2) is 0 Å². The van der Waals surface area contributed by atoms with Gasteiger partial charge in [-0.05, 0) is 19.4 Å². The Bertz CT molecular complexity index is 147. The van der Waals surface area contributed by atoms with Crippen molar-refractivity contribution in [2.24, 2.45) is 0 Å². The van der Waals surface area contributed by atoms with E-state index in [1.165, 1.54) is 0 Å². The zero-order valence-electron chi connectivity index (χ0n) is 6.03. The lowest BCUT2D eigenvalue weighted by Crippen LogP contribution is -2.15. The van der Waals surface area contributed by atoms with Gasteiger partial charge in [0.05, 0.1) is 0 Å². The van der Waals surface area contributed by atoms with Gasteiger partial charge in [-0.1, -0.05) is 13.2 Å². The zero-order chi connectivity index (χ0) is 7.07. The summed E-state index contributed by atoms with van der Waals surface area (Å²) in [4.78, 5) is 0. The second-order valence-electron chi connectivity index (χ2n) is 3.07. The fraction of sp³-hybridized carbons (Fsp3) is 0.500. The van der Waals surface area contributed by atoms with E-state index in [1.807, 2.05) is 13.8 Å². The summed E-state index contributed by atoms with van der Waals surface area (Å²) in [6.07, 6.45) is 0.909. The monoisotopic (exact) mass is 124 g/mol. The van der Waals surface area contributed by atoms with Crippen molar-refractivity contribution in [3.8, 4) is 0 Å². The number of allylic oxidation sites excluding steroid dienone is 1. The molecule has 0 atom stereocenters. The van der Waals surface area contributed by atoms with Gasteiger partial charge in [-0.2, -0.15) is 0 Å². The van der Waals surface area contributed by atoms with Gasteiger partial charge in [0.1, 0.15) is 11.4 Å². The van der Waals surface area contributed by atoms with Crippen LogP contribution in [0.5, 0.6) is 0 Å². The van der Waals surface area contributed by atoms with Crippen LogP contribution in [0.2, 0.25) is 0 Å². The van der Waals surface area contributed by atoms with Gasteiger partial charge >= 0.3 is 0 Å². The lowest BCUT2D eigenvalue weighted by Gasteiger charge is -2.15. The van der Waals surface area contributed by atoms with E-state index in [1.54, 1.807) is 0 Å². The third-order valence-corrected chi connectivity index (χ3v) is 1.43. The van der Waals surface area contributed by atoms with Gasteiger partial charge in [0, 0.05) is 6.42 Å². The highest BCUT2D eigenvalue weighted by Gasteiger charge is 2.29. The van der Waals surface area contributed by atoms with Crippen LogP contribution in [0.15, 0.2) is 24.5 Å². The van der Waals surface area contributed by atoms with Crippen LogP contribution >= 0.6 is 0 Å². The van der Waals surface area contributed by atoms with Crippen molar-refractivity contribution < 1.29 is 4.74 Å². The Hall–Kier alpha value is -0.720. The summed E-state index contributed by atoms with van der Waals surface area (Å²) < 4.78 is 5.37. The van der Waals surface area contributed by atoms with Crippen molar-refractivity contribution >= 4 is 0 Å². The molecule has 0 bridgehead atoms. The van der Waals surface area contributed by atoms with E-state index in [0.29, 0.717) is 0 Å². The molecule has 1 nitrogen and oxygen atoms in total. The molecule has 0 aromatic heterocycles. The van der Waals surface area contributed by atoms with Crippen LogP contribution in [0.25, 0.3) is 0 Å². The quantitative estimate of drug-likeness (QED) is 0.481. The Morgan fingerprint density at radius 3 is 2.11 bits per heavy atom. The normalized spacial score (nSPS) is 24.2. The molecular formula is C8H12O. The lowest BCUT2D eigenvalue weighted by atomic mass is 10.0. The fourth-order valence-corrected chi connectivity index (χ4v) is 1.05. The number of hydrogen-bond donors (Lipinski definition) is 0. The molecule has 50 valence electrons. The molecule has 1 heteroatoms. The number of ether oxygens (including phenoxy) is 1. The third kappa shape index (κ3) is 1.15. The van der Waals surface area contributed by atoms with E-state index in [0.717, 1.165) is 17.8 Å². The minimum atomic E-state index is -0.0613. The van der Waals surface area contributed by atoms with Crippen molar-refractivity contribution in [3.05, 3.63) is 24.5 Å². The van der Waals surface area contributed by atoms with Crippen LogP contribution in [0.4, 0.5) is 0 Å². The summed E-state index contributed by atoms with van der Waals surface area (Å²) in [5.41, 5.74) is 0.966. The summed E-state index contributed by atoms with van der Waals surface area (Å²) in [6.45, 7) is 11.6. The van der Waals surface area contributed by atoms with Gasteiger partial charge in [-0.3, -0.25) is 0 Å². The first-order valence-corrected chi connectivity index (χ1v) is 3.07. The first-order valence-electron chi connectivity index (χ1n) is 3.07. The molecule has 1 heterocycles. The highest BCUT2D eigenvalue weighted by atomic mass is 16.5. The van der Waals surface area contributed by atoms with E-state index in [4.69, 9.17) is 4.74 Å². The molecule has 0 saturated carbocycles. The molecule has 0 spiro atoms. The van der Waals surface area contributed by atoms with E-state index in [2.05, 4.69) is 13.2 Å². The standard InChI is InChI=1S/C8H12O/c1-6-5-8(3,4)9-7(6)2/h1-2,5H2,3-4H3. The van der Waals surface area contributed by atoms with Crippen LogP contribution < -0.4 is 0 Å². The molecule has 0 radical (unpaired) electrons. The molecule has 1 rings (SSSR count). The molecule has 0 aromatic rings. The van der Waals surface area contributed by atoms with Gasteiger partial charge in [0.25, 0.3) is 0 Å². The van der Waals surface area contributed by atoms with Gasteiger partial charge in [-0.25, -0.2) is 0 Å². The SMILES string of the molecule is C=C1CC(C)(C)OC1=C. The predicted octanol–water partition coefficient (Wildman–Crippen LogP) is 2.26. The summed E-state index contributed by atoms with van der Waals surface area (Å²) in [6, 6.07) is 0. The molecule has 0 aromatic carbocycles. The summed E-state index contributed by atoms with van der Waals surface area (Å²) >= 11 is 0. The minimum Gasteiger partial charge on any atom is -0.488 e. The molecule has 1 aliphatic heterocycles. The second kappa shape index (κ2) is 1.63. The first kappa shape index (κ1) is 6.40. The maximum absolute atomic E-state index is 5.37. The lowest BCUT2D eigenvalue weighted by molar-refractivity contribution is 0.0774. The van der Waals surface area contributed by atoms with E-state index >= 15 is 0 Å². The topological polar surface area (TPSA) is 9.23 Å². The van der Waals surface area contributed by atoms with Crippen LogP contribution in [-0.2, 0) is 4.74 Å². The second-order valence-corrected chi connectivity index (χ2v) is 3.07. The van der Waals surface area contributed by atoms with Crippen molar-refractivity contribution in [1.82, 2.24) is 0 Å². The Morgan fingerprint density at radius 1 is 1.44 bits per heavy atom. The average molecular weight is 124 g/mol. The van der Waals surface area contributed by atoms with Crippen LogP contribution in [0.1, 0.15) is 20.3 Å². The minimum absolute atomic E-state index is 0.0613. The largest absolute Gasteiger partial charge is 0.488 e. The molecule has 1 saturated heterocycles. The van der Waals surface area contributed by atoms with Crippen molar-refractivity contribution in [2.75, 3.05) is 0 Å². The molecule has 0 amide bonds. The molecule has 0 aliphatic carbocycles. The fourth-order valence-electron chi connectivity index (χ4n) is 1.05. The van der Waals surface area contributed by atoms with Crippen molar-refractivity contribution in [2.45, 2.75) is 25.9 Å². The zero-order valence-corrected chi connectivity index (χ0v) is 6.03. The van der Waals surface area contributed by atoms with Gasteiger partial charge in [-0.15, -0.1) is 0 Å². The van der Waals surface area contributed by atoms with E-state index in [-0.39, 0.29) is 5.60 Å². The van der Waals surface area contributed by atoms with Gasteiger partial charge in [0.2, 0.25) is 0 Å². The van der Waals surface area contributed by atoms with Crippen molar-refractivity contribution in [1.29, 1.82) is 0 Å². The highest BCUT2D eigenvalue weighted by molar-refractivity contribution is 5.26. The maximum atomic E-state index is 5.37. The molecule has 1 aliphatic rings. The number of hydrogen-bond acceptors (Lipinski definition) is 1. The summed E-state index contributed by atoms with van der Waals surface area (Å²) in [5.74, 6) is 0.750. The Morgan fingerprint density at radius 2 is 2.00 bits per heavy atom. The molecule has 1 fully saturated rings. The van der Waals surface area contributed by atoms with Crippen LogP contribution in [0.3, 0.4) is 0 Å². The van der Waals surface area contributed by atoms with Crippen molar-refractivity contribution in [3.63, 3.8) is 0 Å².